The molecule has 0 saturated heterocycles. The van der Waals surface area contributed by atoms with E-state index in [1.54, 1.807) is 25.3 Å². The number of fused-ring (bicyclic) bond motifs is 1. The number of anilines is 1. The monoisotopic (exact) mass is 573 g/mol. The highest BCUT2D eigenvalue weighted by atomic mass is 31.2. The number of nitrogen functional groups attached to an aromatic ring is 1. The van der Waals surface area contributed by atoms with Gasteiger partial charge in [0.05, 0.1) is 19.0 Å². The molecule has 214 valence electrons. The van der Waals surface area contributed by atoms with Crippen molar-refractivity contribution < 1.29 is 37.1 Å². The van der Waals surface area contributed by atoms with Crippen molar-refractivity contribution in [1.29, 1.82) is 0 Å². The van der Waals surface area contributed by atoms with Gasteiger partial charge < -0.3 is 24.9 Å². The highest BCUT2D eigenvalue weighted by Gasteiger charge is 2.38. The second-order valence-electron chi connectivity index (χ2n) is 9.63. The minimum atomic E-state index is -4.84. The lowest BCUT2D eigenvalue weighted by Gasteiger charge is -2.32. The minimum Gasteiger partial charge on any atom is -0.480 e. The molecule has 0 bridgehead atoms. The summed E-state index contributed by atoms with van der Waals surface area (Å²) in [6.07, 6.45) is -2.91. The van der Waals surface area contributed by atoms with Gasteiger partial charge in [-0.15, -0.1) is 13.2 Å². The van der Waals surface area contributed by atoms with Crippen LogP contribution in [0.25, 0.3) is 11.2 Å². The number of hydrogen-bond donors (Lipinski definition) is 4. The lowest BCUT2D eigenvalue weighted by atomic mass is 10.0. The van der Waals surface area contributed by atoms with Crippen molar-refractivity contribution in [2.75, 3.05) is 12.1 Å². The van der Waals surface area contributed by atoms with Crippen LogP contribution in [0.15, 0.2) is 30.9 Å². The van der Waals surface area contributed by atoms with E-state index in [-0.39, 0.29) is 18.1 Å². The Morgan fingerprint density at radius 2 is 1.92 bits per heavy atom. The molecule has 5 N–H and O–H groups in total. The summed E-state index contributed by atoms with van der Waals surface area (Å²) in [6, 6.07) is 3.12. The van der Waals surface area contributed by atoms with E-state index < -0.39 is 43.8 Å². The Balaban J connectivity index is 1.77. The van der Waals surface area contributed by atoms with Gasteiger partial charge >= 0.3 is 12.3 Å². The van der Waals surface area contributed by atoms with Crippen molar-refractivity contribution in [2.45, 2.75) is 65.2 Å². The summed E-state index contributed by atoms with van der Waals surface area (Å²) in [5.74, 6) is -1.40. The number of aryl methyl sites for hydroxylation is 1. The Labute approximate surface area is 222 Å². The lowest BCUT2D eigenvalue weighted by Crippen LogP contribution is -2.48. The number of alkyl halides is 3. The Morgan fingerprint density at radius 3 is 2.54 bits per heavy atom. The summed E-state index contributed by atoms with van der Waals surface area (Å²) < 4.78 is 63.3. The molecular weight excluding hydrogens is 542 g/mol. The van der Waals surface area contributed by atoms with Crippen LogP contribution in [0, 0.1) is 6.92 Å². The Bertz CT molecular complexity index is 1380. The van der Waals surface area contributed by atoms with E-state index in [2.05, 4.69) is 29.9 Å². The second kappa shape index (κ2) is 11.5. The highest BCUT2D eigenvalue weighted by Crippen LogP contribution is 2.43. The fraction of sp³-hybridized carbons (Fsp3) is 0.478. The Morgan fingerprint density at radius 1 is 1.23 bits per heavy atom. The molecule has 0 saturated carbocycles. The molecule has 0 amide bonds. The number of nitrogens with one attached hydrogen (secondary N) is 2. The van der Waals surface area contributed by atoms with Crippen LogP contribution >= 0.6 is 7.44 Å². The zero-order valence-corrected chi connectivity index (χ0v) is 22.9. The molecular formula is C23H31F3N7O5P. The van der Waals surface area contributed by atoms with Crippen LogP contribution < -0.4 is 20.6 Å². The number of ether oxygens (including phenoxy) is 2. The maximum absolute atomic E-state index is 14.0. The molecule has 3 atom stereocenters. The van der Waals surface area contributed by atoms with Gasteiger partial charge in [-0.1, -0.05) is 6.07 Å². The van der Waals surface area contributed by atoms with Crippen LogP contribution in [0.3, 0.4) is 0 Å². The number of rotatable bonds is 12. The van der Waals surface area contributed by atoms with E-state index in [1.165, 1.54) is 38.6 Å². The zero-order valence-electron chi connectivity index (χ0n) is 22.0. The number of aromatic nitrogens is 4. The molecule has 1 unspecified atom stereocenters. The van der Waals surface area contributed by atoms with Crippen molar-refractivity contribution in [3.8, 4) is 5.75 Å². The maximum atomic E-state index is 14.0. The molecule has 0 fully saturated rings. The Kier molecular flexibility index (Phi) is 8.90. The minimum absolute atomic E-state index is 0.225. The first-order chi connectivity index (χ1) is 18.0. The summed E-state index contributed by atoms with van der Waals surface area (Å²) in [7, 11) is -3.77. The molecule has 0 aliphatic rings. The number of aliphatic carboxylic acids is 1. The van der Waals surface area contributed by atoms with E-state index in [9.17, 15) is 27.6 Å². The number of carboxylic acid groups (broad SMARTS) is 1. The molecule has 3 rings (SSSR count). The number of nitrogens with zero attached hydrogens (tertiary/aromatic N) is 4. The summed E-state index contributed by atoms with van der Waals surface area (Å²) in [5, 5.41) is 15.2. The number of hydrogen-bond acceptors (Lipinski definition) is 8. The van der Waals surface area contributed by atoms with Crippen molar-refractivity contribution in [1.82, 2.24) is 29.7 Å². The van der Waals surface area contributed by atoms with Crippen LogP contribution in [-0.2, 0) is 20.6 Å². The first-order valence-corrected chi connectivity index (χ1v) is 13.7. The predicted molar refractivity (Wildman–Crippen MR) is 137 cm³/mol. The van der Waals surface area contributed by atoms with E-state index in [4.69, 9.17) is 10.5 Å². The summed E-state index contributed by atoms with van der Waals surface area (Å²) in [4.78, 5) is 24.0. The first-order valence-electron chi connectivity index (χ1n) is 11.8. The molecule has 0 aliphatic carbocycles. The molecule has 39 heavy (non-hydrogen) atoms. The third-order valence-electron chi connectivity index (χ3n) is 5.76. The maximum Gasteiger partial charge on any atom is 0.573 e. The highest BCUT2D eigenvalue weighted by molar-refractivity contribution is 7.59. The van der Waals surface area contributed by atoms with E-state index in [0.29, 0.717) is 22.3 Å². The topological polar surface area (TPSA) is 167 Å². The van der Waals surface area contributed by atoms with Crippen LogP contribution in [0.4, 0.5) is 19.0 Å². The molecule has 0 radical (unpaired) electrons. The van der Waals surface area contributed by atoms with Crippen LogP contribution in [-0.4, -0.2) is 54.9 Å². The van der Waals surface area contributed by atoms with Gasteiger partial charge in [-0.2, -0.15) is 0 Å². The van der Waals surface area contributed by atoms with Crippen LogP contribution in [0.1, 0.15) is 44.9 Å². The van der Waals surface area contributed by atoms with Crippen LogP contribution in [0.5, 0.6) is 5.75 Å². The Hall–Kier alpha value is -3.26. The summed E-state index contributed by atoms with van der Waals surface area (Å²) in [6.45, 7) is 7.95. The molecule has 3 aromatic rings. The number of imidazole rings is 1. The van der Waals surface area contributed by atoms with Crippen molar-refractivity contribution >= 4 is 30.4 Å². The molecule has 1 aromatic carbocycles. The van der Waals surface area contributed by atoms with Gasteiger partial charge in [0, 0.05) is 6.04 Å². The largest absolute Gasteiger partial charge is 0.573 e. The fourth-order valence-corrected chi connectivity index (χ4v) is 6.34. The quantitative estimate of drug-likeness (QED) is 0.232. The SMILES string of the molecule is Cc1cc(OC(F)(F)F)ccc1[C@@H](C)NP(=O)(CO[C@@H](C)Cn1cnc2c(N)ncnc21)NC(C)(C)C(=O)O. The molecule has 2 heterocycles. The first kappa shape index (κ1) is 30.3. The molecule has 16 heteroatoms. The number of carboxylic acids is 1. The average molecular weight is 574 g/mol. The number of carbonyl (C=O) groups is 1. The van der Waals surface area contributed by atoms with Gasteiger partial charge in [0.25, 0.3) is 0 Å². The van der Waals surface area contributed by atoms with Crippen molar-refractivity contribution in [3.05, 3.63) is 42.0 Å². The number of halogens is 3. The molecule has 0 spiro atoms. The van der Waals surface area contributed by atoms with Gasteiger partial charge in [0.15, 0.2) is 11.5 Å². The third-order valence-corrected chi connectivity index (χ3v) is 8.00. The standard InChI is InChI=1S/C23H31F3N7O5P/c1-13-8-16(38-23(24,25)26)6-7-17(13)15(3)31-39(36,32-22(4,5)21(34)35)12-37-14(2)9-33-11-30-18-19(27)28-10-29-20(18)33/h6-8,10-11,14-15H,9,12H2,1-5H3,(H,34,35)(H2,27,28,29)(H2,31,32,36)/t14-,15+,39?/m0/s1. The normalized spacial score (nSPS) is 15.6. The smallest absolute Gasteiger partial charge is 0.480 e. The number of benzene rings is 1. The number of nitrogens with two attached hydrogens (primary N) is 1. The molecule has 2 aromatic heterocycles. The summed E-state index contributed by atoms with van der Waals surface area (Å²) in [5.41, 5.74) is 6.13. The zero-order chi connectivity index (χ0) is 29.2. The van der Waals surface area contributed by atoms with E-state index in [1.807, 2.05) is 0 Å². The van der Waals surface area contributed by atoms with Gasteiger partial charge in [0.1, 0.15) is 29.5 Å². The van der Waals surface area contributed by atoms with E-state index in [0.717, 1.165) is 6.07 Å². The van der Waals surface area contributed by atoms with Gasteiger partial charge in [0.2, 0.25) is 7.44 Å². The van der Waals surface area contributed by atoms with Crippen LogP contribution in [0.2, 0.25) is 0 Å². The van der Waals surface area contributed by atoms with Crippen molar-refractivity contribution in [3.63, 3.8) is 0 Å². The van der Waals surface area contributed by atoms with E-state index >= 15 is 0 Å². The van der Waals surface area contributed by atoms with Gasteiger partial charge in [-0.3, -0.25) is 9.36 Å². The predicted octanol–water partition coefficient (Wildman–Crippen LogP) is 3.97. The molecule has 12 nitrogen and oxygen atoms in total. The lowest BCUT2D eigenvalue weighted by molar-refractivity contribution is -0.274. The average Bonchev–Trinajstić information content (AvgIpc) is 3.20. The van der Waals surface area contributed by atoms with Crippen molar-refractivity contribution in [2.24, 2.45) is 0 Å². The summed E-state index contributed by atoms with van der Waals surface area (Å²) >= 11 is 0. The third kappa shape index (κ3) is 7.88. The van der Waals surface area contributed by atoms with Gasteiger partial charge in [-0.05, 0) is 57.9 Å². The second-order valence-corrected chi connectivity index (χ2v) is 11.9. The fourth-order valence-electron chi connectivity index (χ4n) is 3.91. The molecule has 0 aliphatic heterocycles. The van der Waals surface area contributed by atoms with Gasteiger partial charge in [-0.25, -0.2) is 25.1 Å².